The van der Waals surface area contributed by atoms with Crippen LogP contribution >= 0.6 is 23.2 Å². The minimum Gasteiger partial charge on any atom is -0.330 e. The van der Waals surface area contributed by atoms with Crippen molar-refractivity contribution < 1.29 is 0 Å². The first-order valence-electron chi connectivity index (χ1n) is 10.1. The van der Waals surface area contributed by atoms with Gasteiger partial charge in [0.25, 0.3) is 0 Å². The molecule has 0 aromatic heterocycles. The van der Waals surface area contributed by atoms with Gasteiger partial charge in [-0.05, 0) is 49.7 Å². The molecule has 2 aliphatic rings. The lowest BCUT2D eigenvalue weighted by molar-refractivity contribution is 0.644. The van der Waals surface area contributed by atoms with Crippen molar-refractivity contribution in [3.63, 3.8) is 0 Å². The van der Waals surface area contributed by atoms with Gasteiger partial charge in [0.2, 0.25) is 0 Å². The van der Waals surface area contributed by atoms with Crippen LogP contribution in [0.4, 0.5) is 0 Å². The molecule has 0 spiro atoms. The van der Waals surface area contributed by atoms with E-state index >= 15 is 0 Å². The minimum atomic E-state index is 0.188. The molecule has 4 rings (SSSR count). The van der Waals surface area contributed by atoms with Crippen molar-refractivity contribution in [3.05, 3.63) is 70.8 Å². The topological polar surface area (TPSA) is 52.0 Å². The highest BCUT2D eigenvalue weighted by molar-refractivity contribution is 6.18. The number of halogens is 2. The third-order valence-corrected chi connectivity index (χ3v) is 7.53. The molecular formula is C24H32Cl2N2. The van der Waals surface area contributed by atoms with E-state index in [2.05, 4.69) is 62.4 Å². The Morgan fingerprint density at radius 1 is 0.786 bits per heavy atom. The summed E-state index contributed by atoms with van der Waals surface area (Å²) in [6, 6.07) is 17.3. The van der Waals surface area contributed by atoms with Crippen LogP contribution < -0.4 is 11.5 Å². The van der Waals surface area contributed by atoms with Crippen molar-refractivity contribution in [1.29, 1.82) is 0 Å². The highest BCUT2D eigenvalue weighted by atomic mass is 35.5. The Balaban J connectivity index is 0.000000161. The number of rotatable bonds is 6. The molecule has 2 fully saturated rings. The molecule has 0 heterocycles. The van der Waals surface area contributed by atoms with Crippen LogP contribution in [0.1, 0.15) is 35.1 Å². The van der Waals surface area contributed by atoms with Crippen LogP contribution in [0.3, 0.4) is 0 Å². The Labute approximate surface area is 179 Å². The van der Waals surface area contributed by atoms with E-state index in [9.17, 15) is 0 Å². The first kappa shape index (κ1) is 21.6. The van der Waals surface area contributed by atoms with E-state index in [1.54, 1.807) is 0 Å². The maximum absolute atomic E-state index is 5.90. The van der Waals surface area contributed by atoms with Crippen molar-refractivity contribution in [3.8, 4) is 0 Å². The van der Waals surface area contributed by atoms with E-state index in [1.807, 2.05) is 0 Å². The summed E-state index contributed by atoms with van der Waals surface area (Å²) in [7, 11) is 0. The molecule has 2 saturated carbocycles. The zero-order valence-corrected chi connectivity index (χ0v) is 18.4. The van der Waals surface area contributed by atoms with Crippen molar-refractivity contribution in [2.24, 2.45) is 23.3 Å². The Morgan fingerprint density at radius 2 is 1.32 bits per heavy atom. The quantitative estimate of drug-likeness (QED) is 0.655. The first-order valence-corrected chi connectivity index (χ1v) is 11.2. The Morgan fingerprint density at radius 3 is 1.75 bits per heavy atom. The maximum Gasteiger partial charge on any atom is 0.0261 e. The number of aryl methyl sites for hydroxylation is 2. The van der Waals surface area contributed by atoms with Crippen LogP contribution in [-0.2, 0) is 10.8 Å². The van der Waals surface area contributed by atoms with E-state index in [0.717, 1.165) is 24.6 Å². The van der Waals surface area contributed by atoms with Crippen LogP contribution in [0.15, 0.2) is 48.5 Å². The smallest absolute Gasteiger partial charge is 0.0261 e. The standard InChI is InChI=1S/2C12H16ClN/c1-9-2-4-10(5-3-9)12(8-14)6-11(12)7-13;1-9-3-2-4-10(5-9)12(8-14)6-11(12)7-13/h2*2-5,11H,6-8,14H2,1H3/t11-,12+;11-,12-/m11/s1. The predicted molar refractivity (Wildman–Crippen MR) is 121 cm³/mol. The summed E-state index contributed by atoms with van der Waals surface area (Å²) in [5.74, 6) is 2.61. The fourth-order valence-electron chi connectivity index (χ4n) is 4.45. The van der Waals surface area contributed by atoms with Gasteiger partial charge in [-0.3, -0.25) is 0 Å². The van der Waals surface area contributed by atoms with Gasteiger partial charge in [0, 0.05) is 35.7 Å². The Hall–Kier alpha value is -1.06. The first-order chi connectivity index (χ1) is 13.5. The third-order valence-electron chi connectivity index (χ3n) is 6.78. The SMILES string of the molecule is Cc1ccc([C@@]2(CN)C[C@@H]2CCl)cc1.Cc1cccc([C@]2(CN)C[C@@H]2CCl)c1. The summed E-state index contributed by atoms with van der Waals surface area (Å²) in [4.78, 5) is 0. The molecule has 2 aromatic carbocycles. The van der Waals surface area contributed by atoms with E-state index in [4.69, 9.17) is 34.7 Å². The summed E-state index contributed by atoms with van der Waals surface area (Å²) >= 11 is 11.8. The second-order valence-electron chi connectivity index (χ2n) is 8.57. The van der Waals surface area contributed by atoms with E-state index < -0.39 is 0 Å². The molecule has 0 unspecified atom stereocenters. The number of hydrogen-bond acceptors (Lipinski definition) is 2. The number of hydrogen-bond donors (Lipinski definition) is 2. The average Bonchev–Trinajstić information content (AvgIpc) is 3.62. The molecule has 0 radical (unpaired) electrons. The van der Waals surface area contributed by atoms with E-state index in [1.165, 1.54) is 22.3 Å². The van der Waals surface area contributed by atoms with Crippen molar-refractivity contribution in [2.75, 3.05) is 24.8 Å². The minimum absolute atomic E-state index is 0.188. The van der Waals surface area contributed by atoms with Gasteiger partial charge in [-0.15, -0.1) is 23.2 Å². The third kappa shape index (κ3) is 4.11. The van der Waals surface area contributed by atoms with Crippen molar-refractivity contribution in [1.82, 2.24) is 0 Å². The van der Waals surface area contributed by atoms with Crippen LogP contribution in [0.2, 0.25) is 0 Å². The van der Waals surface area contributed by atoms with Crippen LogP contribution in [-0.4, -0.2) is 24.8 Å². The second-order valence-corrected chi connectivity index (χ2v) is 9.18. The fourth-order valence-corrected chi connectivity index (χ4v) is 5.26. The molecule has 0 bridgehead atoms. The molecule has 0 saturated heterocycles. The molecule has 0 amide bonds. The van der Waals surface area contributed by atoms with Crippen LogP contribution in [0.5, 0.6) is 0 Å². The molecular weight excluding hydrogens is 387 g/mol. The van der Waals surface area contributed by atoms with Crippen LogP contribution in [0.25, 0.3) is 0 Å². The predicted octanol–water partition coefficient (Wildman–Crippen LogP) is 4.90. The Kier molecular flexibility index (Phi) is 6.76. The maximum atomic E-state index is 5.90. The Bertz CT molecular complexity index is 791. The van der Waals surface area contributed by atoms with Crippen molar-refractivity contribution in [2.45, 2.75) is 37.5 Å². The van der Waals surface area contributed by atoms with E-state index in [-0.39, 0.29) is 10.8 Å². The number of nitrogens with two attached hydrogens (primary N) is 2. The number of alkyl halides is 2. The van der Waals surface area contributed by atoms with Gasteiger partial charge in [-0.2, -0.15) is 0 Å². The zero-order chi connectivity index (χ0) is 20.4. The van der Waals surface area contributed by atoms with Gasteiger partial charge in [0.1, 0.15) is 0 Å². The summed E-state index contributed by atoms with van der Waals surface area (Å²) in [5.41, 5.74) is 17.4. The molecule has 0 aliphatic heterocycles. The highest BCUT2D eigenvalue weighted by Crippen LogP contribution is 2.54. The highest BCUT2D eigenvalue weighted by Gasteiger charge is 2.54. The largest absolute Gasteiger partial charge is 0.330 e. The summed E-state index contributed by atoms with van der Waals surface area (Å²) in [6.07, 6.45) is 2.30. The zero-order valence-electron chi connectivity index (χ0n) is 16.9. The van der Waals surface area contributed by atoms with Gasteiger partial charge in [-0.1, -0.05) is 59.7 Å². The molecule has 2 aromatic rings. The average molecular weight is 419 g/mol. The van der Waals surface area contributed by atoms with Gasteiger partial charge < -0.3 is 11.5 Å². The summed E-state index contributed by atoms with van der Waals surface area (Å²) in [5, 5.41) is 0. The molecule has 4 heteroatoms. The lowest BCUT2D eigenvalue weighted by Crippen LogP contribution is -2.23. The lowest BCUT2D eigenvalue weighted by Gasteiger charge is -2.15. The lowest BCUT2D eigenvalue weighted by atomic mass is 9.92. The molecule has 4 atom stereocenters. The molecule has 4 N–H and O–H groups in total. The molecule has 152 valence electrons. The number of benzene rings is 2. The van der Waals surface area contributed by atoms with E-state index in [0.29, 0.717) is 24.9 Å². The second kappa shape index (κ2) is 8.75. The summed E-state index contributed by atoms with van der Waals surface area (Å²) in [6.45, 7) is 5.65. The van der Waals surface area contributed by atoms with Gasteiger partial charge in [0.05, 0.1) is 0 Å². The van der Waals surface area contributed by atoms with Crippen LogP contribution in [0, 0.1) is 25.7 Å². The van der Waals surface area contributed by atoms with Gasteiger partial charge in [-0.25, -0.2) is 0 Å². The van der Waals surface area contributed by atoms with Crippen molar-refractivity contribution >= 4 is 23.2 Å². The van der Waals surface area contributed by atoms with Gasteiger partial charge in [0.15, 0.2) is 0 Å². The molecule has 28 heavy (non-hydrogen) atoms. The molecule has 2 nitrogen and oxygen atoms in total. The summed E-state index contributed by atoms with van der Waals surface area (Å²) < 4.78 is 0. The van der Waals surface area contributed by atoms with Gasteiger partial charge >= 0.3 is 0 Å². The monoisotopic (exact) mass is 418 g/mol. The normalized spacial score (nSPS) is 30.4. The molecule has 2 aliphatic carbocycles. The fraction of sp³-hybridized carbons (Fsp3) is 0.500.